The fourth-order valence-electron chi connectivity index (χ4n) is 2.87. The van der Waals surface area contributed by atoms with Gasteiger partial charge in [-0.3, -0.25) is 0 Å². The first-order chi connectivity index (χ1) is 10.3. The van der Waals surface area contributed by atoms with Gasteiger partial charge in [-0.15, -0.1) is 0 Å². The summed E-state index contributed by atoms with van der Waals surface area (Å²) in [6.45, 7) is 9.67. The van der Waals surface area contributed by atoms with E-state index in [0.29, 0.717) is 0 Å². The molecule has 1 aromatic heterocycles. The van der Waals surface area contributed by atoms with Crippen molar-refractivity contribution in [1.29, 1.82) is 0 Å². The van der Waals surface area contributed by atoms with Crippen LogP contribution in [0.25, 0.3) is 10.9 Å². The molecule has 0 aliphatic heterocycles. The summed E-state index contributed by atoms with van der Waals surface area (Å²) in [4.78, 5) is 0. The summed E-state index contributed by atoms with van der Waals surface area (Å²) in [5, 5.41) is 1.38. The van der Waals surface area contributed by atoms with E-state index in [1.165, 1.54) is 68.1 Å². The molecule has 0 amide bonds. The van der Waals surface area contributed by atoms with Crippen molar-refractivity contribution < 1.29 is 0 Å². The van der Waals surface area contributed by atoms with Crippen molar-refractivity contribution in [3.63, 3.8) is 0 Å². The molecule has 118 valence electrons. The van der Waals surface area contributed by atoms with Gasteiger partial charge >= 0.3 is 0 Å². The van der Waals surface area contributed by atoms with Crippen LogP contribution in [-0.2, 0) is 6.54 Å². The Morgan fingerprint density at radius 3 is 2.19 bits per heavy atom. The van der Waals surface area contributed by atoms with Crippen LogP contribution >= 0.6 is 0 Å². The Hall–Kier alpha value is -1.24. The molecule has 1 heterocycles. The average Bonchev–Trinajstić information content (AvgIpc) is 2.84. The van der Waals surface area contributed by atoms with Gasteiger partial charge in [-0.2, -0.15) is 0 Å². The molecule has 1 aromatic carbocycles. The zero-order chi connectivity index (χ0) is 15.5. The molecule has 0 saturated heterocycles. The van der Waals surface area contributed by atoms with E-state index in [9.17, 15) is 0 Å². The molecule has 1 heteroatoms. The molecule has 0 aliphatic carbocycles. The zero-order valence-corrected chi connectivity index (χ0v) is 14.5. The van der Waals surface area contributed by atoms with Crippen LogP contribution in [0.5, 0.6) is 0 Å². The molecule has 0 bridgehead atoms. The Morgan fingerprint density at radius 1 is 0.857 bits per heavy atom. The van der Waals surface area contributed by atoms with Gasteiger partial charge in [0.25, 0.3) is 0 Å². The molecular formula is C20H33N. The van der Waals surface area contributed by atoms with Crippen LogP contribution in [0.3, 0.4) is 0 Å². The summed E-state index contributed by atoms with van der Waals surface area (Å²) >= 11 is 0. The first-order valence-corrected chi connectivity index (χ1v) is 8.88. The van der Waals surface area contributed by atoms with E-state index < -0.39 is 0 Å². The first-order valence-electron chi connectivity index (χ1n) is 8.88. The van der Waals surface area contributed by atoms with Gasteiger partial charge in [0, 0.05) is 17.8 Å². The Bertz CT molecular complexity index is 496. The number of rotatable bonds is 8. The molecule has 0 fully saturated rings. The third kappa shape index (κ3) is 5.57. The van der Waals surface area contributed by atoms with E-state index in [1.807, 2.05) is 13.8 Å². The molecule has 21 heavy (non-hydrogen) atoms. The van der Waals surface area contributed by atoms with Gasteiger partial charge in [0.15, 0.2) is 0 Å². The molecule has 2 aromatic rings. The molecule has 0 N–H and O–H groups in total. The van der Waals surface area contributed by atoms with Crippen molar-refractivity contribution >= 4 is 10.9 Å². The van der Waals surface area contributed by atoms with Crippen LogP contribution in [0.4, 0.5) is 0 Å². The Labute approximate surface area is 131 Å². The lowest BCUT2D eigenvalue weighted by Crippen LogP contribution is -1.99. The smallest absolute Gasteiger partial charge is 0.0482 e. The Balaban J connectivity index is 0.00000106. The second kappa shape index (κ2) is 10.5. The van der Waals surface area contributed by atoms with Crippen LogP contribution in [0, 0.1) is 6.92 Å². The zero-order valence-electron chi connectivity index (χ0n) is 14.5. The Morgan fingerprint density at radius 2 is 1.48 bits per heavy atom. The summed E-state index contributed by atoms with van der Waals surface area (Å²) < 4.78 is 2.47. The Kier molecular flexibility index (Phi) is 8.89. The van der Waals surface area contributed by atoms with Crippen molar-refractivity contribution in [1.82, 2.24) is 4.57 Å². The highest BCUT2D eigenvalue weighted by atomic mass is 15.0. The fourth-order valence-corrected chi connectivity index (χ4v) is 2.87. The van der Waals surface area contributed by atoms with Crippen LogP contribution in [0.1, 0.15) is 71.4 Å². The third-order valence-corrected chi connectivity index (χ3v) is 4.00. The summed E-state index contributed by atoms with van der Waals surface area (Å²) in [7, 11) is 0. The minimum atomic E-state index is 1.17. The first kappa shape index (κ1) is 17.8. The van der Waals surface area contributed by atoms with E-state index in [4.69, 9.17) is 0 Å². The lowest BCUT2D eigenvalue weighted by molar-refractivity contribution is 0.552. The van der Waals surface area contributed by atoms with Crippen LogP contribution in [0.15, 0.2) is 30.3 Å². The molecule has 0 unspecified atom stereocenters. The highest BCUT2D eigenvalue weighted by Crippen LogP contribution is 2.20. The van der Waals surface area contributed by atoms with Crippen LogP contribution < -0.4 is 0 Å². The van der Waals surface area contributed by atoms with Crippen molar-refractivity contribution in [2.45, 2.75) is 79.2 Å². The maximum absolute atomic E-state index is 2.47. The molecule has 0 saturated carbocycles. The van der Waals surface area contributed by atoms with Gasteiger partial charge in [0.05, 0.1) is 0 Å². The fraction of sp³-hybridized carbons (Fsp3) is 0.600. The highest BCUT2D eigenvalue weighted by Gasteiger charge is 2.03. The highest BCUT2D eigenvalue weighted by molar-refractivity contribution is 5.81. The molecule has 0 atom stereocenters. The van der Waals surface area contributed by atoms with Crippen LogP contribution in [0.2, 0.25) is 0 Å². The monoisotopic (exact) mass is 287 g/mol. The van der Waals surface area contributed by atoms with Gasteiger partial charge in [0.1, 0.15) is 0 Å². The number of aryl methyl sites for hydroxylation is 2. The van der Waals surface area contributed by atoms with Gasteiger partial charge < -0.3 is 4.57 Å². The standard InChI is InChI=1S/C18H27N.C2H6/c1-3-4-5-6-7-8-11-14-19-16(2)15-17-12-9-10-13-18(17)19;1-2/h9-10,12-13,15H,3-8,11,14H2,1-2H3;1-2H3. The van der Waals surface area contributed by atoms with Gasteiger partial charge in [-0.25, -0.2) is 0 Å². The molecule has 0 aliphatic rings. The minimum absolute atomic E-state index is 1.17. The summed E-state index contributed by atoms with van der Waals surface area (Å²) in [6, 6.07) is 11.0. The number of nitrogens with zero attached hydrogens (tertiary/aromatic N) is 1. The predicted octanol–water partition coefficient (Wildman–Crippen LogP) is 6.73. The SMILES string of the molecule is CC.CCCCCCCCCn1c(C)cc2ccccc21. The maximum atomic E-state index is 2.47. The van der Waals surface area contributed by atoms with Crippen molar-refractivity contribution in [2.24, 2.45) is 0 Å². The molecule has 2 rings (SSSR count). The predicted molar refractivity (Wildman–Crippen MR) is 96.0 cm³/mol. The van der Waals surface area contributed by atoms with E-state index in [1.54, 1.807) is 0 Å². The average molecular weight is 287 g/mol. The second-order valence-corrected chi connectivity index (χ2v) is 5.62. The van der Waals surface area contributed by atoms with Gasteiger partial charge in [-0.05, 0) is 30.9 Å². The number of aromatic nitrogens is 1. The van der Waals surface area contributed by atoms with Gasteiger partial charge in [0.2, 0.25) is 0 Å². The van der Waals surface area contributed by atoms with Crippen molar-refractivity contribution in [2.75, 3.05) is 0 Å². The summed E-state index contributed by atoms with van der Waals surface area (Å²) in [5.74, 6) is 0. The lowest BCUT2D eigenvalue weighted by atomic mass is 10.1. The number of benzene rings is 1. The van der Waals surface area contributed by atoms with E-state index in [2.05, 4.69) is 48.7 Å². The largest absolute Gasteiger partial charge is 0.345 e. The number of hydrogen-bond acceptors (Lipinski definition) is 0. The molecule has 0 radical (unpaired) electrons. The van der Waals surface area contributed by atoms with Crippen molar-refractivity contribution in [3.8, 4) is 0 Å². The van der Waals surface area contributed by atoms with E-state index in [0.717, 1.165) is 0 Å². The molecule has 1 nitrogen and oxygen atoms in total. The number of fused-ring (bicyclic) bond motifs is 1. The number of unbranched alkanes of at least 4 members (excludes halogenated alkanes) is 6. The normalized spacial score (nSPS) is 10.5. The van der Waals surface area contributed by atoms with Crippen molar-refractivity contribution in [3.05, 3.63) is 36.0 Å². The summed E-state index contributed by atoms with van der Waals surface area (Å²) in [5.41, 5.74) is 2.79. The number of hydrogen-bond donors (Lipinski definition) is 0. The molecule has 0 spiro atoms. The quantitative estimate of drug-likeness (QED) is 0.474. The van der Waals surface area contributed by atoms with E-state index in [-0.39, 0.29) is 0 Å². The van der Waals surface area contributed by atoms with Gasteiger partial charge in [-0.1, -0.05) is 77.5 Å². The summed E-state index contributed by atoms with van der Waals surface area (Å²) in [6.07, 6.45) is 9.66. The third-order valence-electron chi connectivity index (χ3n) is 4.00. The lowest BCUT2D eigenvalue weighted by Gasteiger charge is -2.08. The minimum Gasteiger partial charge on any atom is -0.345 e. The second-order valence-electron chi connectivity index (χ2n) is 5.62. The maximum Gasteiger partial charge on any atom is 0.0482 e. The number of para-hydroxylation sites is 1. The van der Waals surface area contributed by atoms with Crippen LogP contribution in [-0.4, -0.2) is 4.57 Å². The molecular weight excluding hydrogens is 254 g/mol. The topological polar surface area (TPSA) is 4.93 Å². The van der Waals surface area contributed by atoms with E-state index >= 15 is 0 Å².